The Bertz CT molecular complexity index is 128. The lowest BCUT2D eigenvalue weighted by molar-refractivity contribution is 0.271. The van der Waals surface area contributed by atoms with Crippen LogP contribution in [0.15, 0.2) is 0 Å². The number of halogens is 1. The Balaban J connectivity index is 3.33. The smallest absolute Gasteiger partial charge is 0.0431 e. The molecule has 0 aromatic heterocycles. The normalized spacial score (nSPS) is 15.2. The second kappa shape index (κ2) is 10.8. The van der Waals surface area contributed by atoms with Crippen LogP contribution in [0.2, 0.25) is 0 Å². The first-order valence-corrected chi connectivity index (χ1v) is 6.89. The first-order valence-electron chi connectivity index (χ1n) is 6.45. The lowest BCUT2D eigenvalue weighted by atomic mass is 9.97. The van der Waals surface area contributed by atoms with Crippen molar-refractivity contribution in [2.24, 2.45) is 5.92 Å². The summed E-state index contributed by atoms with van der Waals surface area (Å²) in [6.07, 6.45) is 9.51. The Hall–Kier alpha value is 0.250. The van der Waals surface area contributed by atoms with Gasteiger partial charge in [-0.15, -0.1) is 11.6 Å². The first kappa shape index (κ1) is 15.2. The zero-order chi connectivity index (χ0) is 11.5. The minimum absolute atomic E-state index is 0.313. The molecule has 0 aliphatic rings. The second-order valence-corrected chi connectivity index (χ2v) is 5.27. The van der Waals surface area contributed by atoms with E-state index in [1.54, 1.807) is 0 Å². The first-order chi connectivity index (χ1) is 7.20. The zero-order valence-corrected chi connectivity index (χ0v) is 11.1. The molecular formula is C13H27ClO. The van der Waals surface area contributed by atoms with Crippen LogP contribution in [0, 0.1) is 5.92 Å². The van der Waals surface area contributed by atoms with Crippen molar-refractivity contribution in [1.29, 1.82) is 0 Å². The molecule has 2 atom stereocenters. The average molecular weight is 235 g/mol. The molecule has 0 aliphatic heterocycles. The molecule has 0 aromatic rings. The van der Waals surface area contributed by atoms with Crippen LogP contribution in [0.5, 0.6) is 0 Å². The van der Waals surface area contributed by atoms with Gasteiger partial charge in [-0.05, 0) is 31.6 Å². The van der Waals surface area contributed by atoms with Gasteiger partial charge in [-0.2, -0.15) is 0 Å². The van der Waals surface area contributed by atoms with Crippen molar-refractivity contribution in [3.63, 3.8) is 0 Å². The van der Waals surface area contributed by atoms with Crippen molar-refractivity contribution in [2.75, 3.05) is 6.61 Å². The molecular weight excluding hydrogens is 208 g/mol. The molecule has 0 spiro atoms. The maximum atomic E-state index is 8.72. The molecule has 0 aliphatic carbocycles. The molecule has 92 valence electrons. The molecule has 1 N–H and O–H groups in total. The fourth-order valence-electron chi connectivity index (χ4n) is 1.90. The Morgan fingerprint density at radius 1 is 1.07 bits per heavy atom. The van der Waals surface area contributed by atoms with Crippen LogP contribution < -0.4 is 0 Å². The number of hydrogen-bond donors (Lipinski definition) is 1. The van der Waals surface area contributed by atoms with Gasteiger partial charge in [0, 0.05) is 12.0 Å². The molecule has 0 amide bonds. The number of aliphatic hydroxyl groups is 1. The van der Waals surface area contributed by atoms with Crippen molar-refractivity contribution in [3.8, 4) is 0 Å². The van der Waals surface area contributed by atoms with E-state index in [1.807, 2.05) is 0 Å². The standard InChI is InChI=1S/C13H27ClO/c1-3-4-5-6-9-13(14)11-12(2)8-7-10-15/h12-13,15H,3-11H2,1-2H3. The molecule has 0 saturated heterocycles. The van der Waals surface area contributed by atoms with Crippen LogP contribution in [0.3, 0.4) is 0 Å². The summed E-state index contributed by atoms with van der Waals surface area (Å²) in [4.78, 5) is 0. The number of unbranched alkanes of at least 4 members (excludes halogenated alkanes) is 3. The summed E-state index contributed by atoms with van der Waals surface area (Å²) in [7, 11) is 0. The minimum Gasteiger partial charge on any atom is -0.396 e. The van der Waals surface area contributed by atoms with Crippen LogP contribution in [0.25, 0.3) is 0 Å². The highest BCUT2D eigenvalue weighted by Crippen LogP contribution is 2.20. The third-order valence-corrected chi connectivity index (χ3v) is 3.28. The van der Waals surface area contributed by atoms with Crippen molar-refractivity contribution >= 4 is 11.6 Å². The van der Waals surface area contributed by atoms with Gasteiger partial charge >= 0.3 is 0 Å². The van der Waals surface area contributed by atoms with Crippen molar-refractivity contribution in [3.05, 3.63) is 0 Å². The van der Waals surface area contributed by atoms with Gasteiger partial charge in [-0.3, -0.25) is 0 Å². The van der Waals surface area contributed by atoms with Gasteiger partial charge in [-0.25, -0.2) is 0 Å². The highest BCUT2D eigenvalue weighted by Gasteiger charge is 2.09. The van der Waals surface area contributed by atoms with Crippen LogP contribution >= 0.6 is 11.6 Å². The molecule has 0 radical (unpaired) electrons. The summed E-state index contributed by atoms with van der Waals surface area (Å²) in [5, 5.41) is 9.06. The Labute approximate surface area is 100 Å². The third kappa shape index (κ3) is 10.5. The van der Waals surface area contributed by atoms with E-state index in [4.69, 9.17) is 16.7 Å². The minimum atomic E-state index is 0.313. The maximum Gasteiger partial charge on any atom is 0.0431 e. The van der Waals surface area contributed by atoms with Gasteiger partial charge in [0.15, 0.2) is 0 Å². The van der Waals surface area contributed by atoms with Gasteiger partial charge in [0.05, 0.1) is 0 Å². The monoisotopic (exact) mass is 234 g/mol. The van der Waals surface area contributed by atoms with Gasteiger partial charge < -0.3 is 5.11 Å². The van der Waals surface area contributed by atoms with E-state index in [2.05, 4.69) is 13.8 Å². The van der Waals surface area contributed by atoms with E-state index in [0.717, 1.165) is 25.7 Å². The van der Waals surface area contributed by atoms with Crippen molar-refractivity contribution < 1.29 is 5.11 Å². The predicted molar refractivity (Wildman–Crippen MR) is 68.5 cm³/mol. The fraction of sp³-hybridized carbons (Fsp3) is 1.00. The zero-order valence-electron chi connectivity index (χ0n) is 10.3. The lowest BCUT2D eigenvalue weighted by Crippen LogP contribution is -2.06. The van der Waals surface area contributed by atoms with Gasteiger partial charge in [0.25, 0.3) is 0 Å². The Kier molecular flexibility index (Phi) is 10.9. The maximum absolute atomic E-state index is 8.72. The molecule has 0 fully saturated rings. The number of aliphatic hydroxyl groups excluding tert-OH is 1. The van der Waals surface area contributed by atoms with E-state index >= 15 is 0 Å². The van der Waals surface area contributed by atoms with Crippen LogP contribution in [0.1, 0.15) is 65.2 Å². The quantitative estimate of drug-likeness (QED) is 0.440. The topological polar surface area (TPSA) is 20.2 Å². The van der Waals surface area contributed by atoms with E-state index in [0.29, 0.717) is 17.9 Å². The van der Waals surface area contributed by atoms with E-state index in [-0.39, 0.29) is 0 Å². The molecule has 0 saturated carbocycles. The molecule has 15 heavy (non-hydrogen) atoms. The lowest BCUT2D eigenvalue weighted by Gasteiger charge is -2.15. The molecule has 0 bridgehead atoms. The summed E-state index contributed by atoms with van der Waals surface area (Å²) in [6.45, 7) is 4.78. The fourth-order valence-corrected chi connectivity index (χ4v) is 2.36. The summed E-state index contributed by atoms with van der Waals surface area (Å²) >= 11 is 6.27. The highest BCUT2D eigenvalue weighted by molar-refractivity contribution is 6.20. The number of hydrogen-bond acceptors (Lipinski definition) is 1. The predicted octanol–water partition coefficient (Wildman–Crippen LogP) is 4.36. The number of alkyl halides is 1. The van der Waals surface area contributed by atoms with Gasteiger partial charge in [0.2, 0.25) is 0 Å². The average Bonchev–Trinajstić information content (AvgIpc) is 2.21. The van der Waals surface area contributed by atoms with Crippen LogP contribution in [-0.2, 0) is 0 Å². The second-order valence-electron chi connectivity index (χ2n) is 4.65. The van der Waals surface area contributed by atoms with Gasteiger partial charge in [0.1, 0.15) is 0 Å². The summed E-state index contributed by atoms with van der Waals surface area (Å²) in [5.41, 5.74) is 0. The van der Waals surface area contributed by atoms with Crippen LogP contribution in [-0.4, -0.2) is 17.1 Å². The Morgan fingerprint density at radius 2 is 1.80 bits per heavy atom. The third-order valence-electron chi connectivity index (χ3n) is 2.88. The largest absolute Gasteiger partial charge is 0.396 e. The molecule has 0 heterocycles. The molecule has 1 nitrogen and oxygen atoms in total. The molecule has 2 heteroatoms. The molecule has 0 rings (SSSR count). The highest BCUT2D eigenvalue weighted by atomic mass is 35.5. The summed E-state index contributed by atoms with van der Waals surface area (Å²) < 4.78 is 0. The van der Waals surface area contributed by atoms with Gasteiger partial charge in [-0.1, -0.05) is 39.5 Å². The molecule has 0 aromatic carbocycles. The van der Waals surface area contributed by atoms with E-state index in [9.17, 15) is 0 Å². The Morgan fingerprint density at radius 3 is 2.40 bits per heavy atom. The summed E-state index contributed by atoms with van der Waals surface area (Å²) in [6, 6.07) is 0. The number of rotatable bonds is 10. The van der Waals surface area contributed by atoms with Crippen LogP contribution in [0.4, 0.5) is 0 Å². The van der Waals surface area contributed by atoms with Crippen molar-refractivity contribution in [2.45, 2.75) is 70.6 Å². The van der Waals surface area contributed by atoms with Crippen molar-refractivity contribution in [1.82, 2.24) is 0 Å². The SMILES string of the molecule is CCCCCCC(Cl)CC(C)CCCO. The summed E-state index contributed by atoms with van der Waals surface area (Å²) in [5.74, 6) is 0.658. The van der Waals surface area contributed by atoms with E-state index < -0.39 is 0 Å². The van der Waals surface area contributed by atoms with E-state index in [1.165, 1.54) is 25.7 Å². The molecule has 2 unspecified atom stereocenters.